The molecule has 0 spiro atoms. The second-order valence-corrected chi connectivity index (χ2v) is 7.79. The van der Waals surface area contributed by atoms with Crippen LogP contribution in [-0.2, 0) is 6.54 Å². The van der Waals surface area contributed by atoms with E-state index in [-0.39, 0.29) is 29.7 Å². The minimum atomic E-state index is -0.477. The lowest BCUT2D eigenvalue weighted by molar-refractivity contribution is -0.384. The molecule has 0 unspecified atom stereocenters. The number of nitrogens with one attached hydrogen (secondary N) is 2. The Labute approximate surface area is 174 Å². The van der Waals surface area contributed by atoms with E-state index in [2.05, 4.69) is 10.6 Å². The Bertz CT molecular complexity index is 981. The highest BCUT2D eigenvalue weighted by Crippen LogP contribution is 2.31. The van der Waals surface area contributed by atoms with Crippen LogP contribution in [0.15, 0.2) is 42.5 Å². The number of carbonyl (C=O) groups is 2. The molecule has 30 heavy (non-hydrogen) atoms. The summed E-state index contributed by atoms with van der Waals surface area (Å²) in [5.41, 5.74) is 1.97. The smallest absolute Gasteiger partial charge is 0.293 e. The summed E-state index contributed by atoms with van der Waals surface area (Å²) in [4.78, 5) is 37.8. The number of likely N-dealkylation sites (tertiary alicyclic amines) is 1. The number of nitro benzene ring substituents is 1. The van der Waals surface area contributed by atoms with E-state index in [9.17, 15) is 19.7 Å². The van der Waals surface area contributed by atoms with Crippen molar-refractivity contribution in [2.45, 2.75) is 38.3 Å². The van der Waals surface area contributed by atoms with E-state index >= 15 is 0 Å². The molecule has 8 heteroatoms. The maximum atomic E-state index is 12.5. The number of benzene rings is 2. The number of hydrogen-bond donors (Lipinski definition) is 2. The largest absolute Gasteiger partial charge is 0.377 e. The summed E-state index contributed by atoms with van der Waals surface area (Å²) in [6.45, 7) is 1.80. The third-order valence-electron chi connectivity index (χ3n) is 5.41. The number of anilines is 1. The highest BCUT2D eigenvalue weighted by molar-refractivity contribution is 5.96. The summed E-state index contributed by atoms with van der Waals surface area (Å²) < 4.78 is 0. The predicted octanol–water partition coefficient (Wildman–Crippen LogP) is 3.34. The maximum absolute atomic E-state index is 12.5. The zero-order valence-corrected chi connectivity index (χ0v) is 16.6. The Morgan fingerprint density at radius 1 is 1.07 bits per heavy atom. The Morgan fingerprint density at radius 2 is 1.83 bits per heavy atom. The van der Waals surface area contributed by atoms with E-state index in [0.29, 0.717) is 11.3 Å². The number of rotatable bonds is 7. The van der Waals surface area contributed by atoms with E-state index in [1.54, 1.807) is 30.3 Å². The highest BCUT2D eigenvalue weighted by Gasteiger charge is 2.25. The van der Waals surface area contributed by atoms with Gasteiger partial charge in [-0.25, -0.2) is 0 Å². The first kappa shape index (κ1) is 19.9. The normalized spacial score (nSPS) is 15.7. The number of amides is 2. The van der Waals surface area contributed by atoms with Crippen LogP contribution >= 0.6 is 0 Å². The first-order valence-corrected chi connectivity index (χ1v) is 10.2. The lowest BCUT2D eigenvalue weighted by Gasteiger charge is -2.15. The van der Waals surface area contributed by atoms with Gasteiger partial charge in [0, 0.05) is 42.9 Å². The van der Waals surface area contributed by atoms with Crippen molar-refractivity contribution in [1.82, 2.24) is 10.2 Å². The van der Waals surface area contributed by atoms with Crippen LogP contribution in [0.2, 0.25) is 0 Å². The number of hydrogen-bond acceptors (Lipinski definition) is 5. The summed E-state index contributed by atoms with van der Waals surface area (Å²) >= 11 is 0. The van der Waals surface area contributed by atoms with Gasteiger partial charge in [0.25, 0.3) is 17.5 Å². The van der Waals surface area contributed by atoms with Gasteiger partial charge >= 0.3 is 0 Å². The molecule has 2 amide bonds. The molecule has 1 aliphatic carbocycles. The van der Waals surface area contributed by atoms with Crippen molar-refractivity contribution >= 4 is 23.2 Å². The molecule has 1 saturated heterocycles. The van der Waals surface area contributed by atoms with Crippen LogP contribution in [-0.4, -0.2) is 40.8 Å². The standard InChI is InChI=1S/C22H24N4O4/c27-21(16-6-9-19(24-18-7-8-18)20(13-16)26(29)30)23-14-15-4-3-5-17(12-15)22(28)25-10-1-2-11-25/h3-6,9,12-13,18,24H,1-2,7-8,10-11,14H2,(H,23,27). The summed E-state index contributed by atoms with van der Waals surface area (Å²) in [7, 11) is 0. The average molecular weight is 408 g/mol. The summed E-state index contributed by atoms with van der Waals surface area (Å²) in [5, 5.41) is 17.3. The second kappa shape index (κ2) is 8.52. The van der Waals surface area contributed by atoms with Gasteiger partial charge in [0.2, 0.25) is 0 Å². The quantitative estimate of drug-likeness (QED) is 0.540. The van der Waals surface area contributed by atoms with Gasteiger partial charge in [-0.1, -0.05) is 12.1 Å². The van der Waals surface area contributed by atoms with Crippen molar-refractivity contribution in [3.63, 3.8) is 0 Å². The fourth-order valence-corrected chi connectivity index (χ4v) is 3.60. The first-order chi connectivity index (χ1) is 14.5. The van der Waals surface area contributed by atoms with E-state index in [1.165, 1.54) is 6.07 Å². The molecule has 8 nitrogen and oxygen atoms in total. The van der Waals surface area contributed by atoms with Gasteiger partial charge in [-0.2, -0.15) is 0 Å². The van der Waals surface area contributed by atoms with Crippen molar-refractivity contribution in [2.24, 2.45) is 0 Å². The van der Waals surface area contributed by atoms with Crippen LogP contribution in [0, 0.1) is 10.1 Å². The molecule has 2 aromatic rings. The van der Waals surface area contributed by atoms with E-state index in [4.69, 9.17) is 0 Å². The monoisotopic (exact) mass is 408 g/mol. The molecule has 0 radical (unpaired) electrons. The predicted molar refractivity (Wildman–Crippen MR) is 112 cm³/mol. The van der Waals surface area contributed by atoms with Gasteiger partial charge in [0.1, 0.15) is 5.69 Å². The lowest BCUT2D eigenvalue weighted by atomic mass is 10.1. The highest BCUT2D eigenvalue weighted by atomic mass is 16.6. The molecule has 2 fully saturated rings. The molecule has 156 valence electrons. The van der Waals surface area contributed by atoms with E-state index < -0.39 is 10.8 Å². The molecule has 0 aromatic heterocycles. The number of carbonyl (C=O) groups excluding carboxylic acids is 2. The van der Waals surface area contributed by atoms with Crippen LogP contribution in [0.3, 0.4) is 0 Å². The number of nitro groups is 1. The van der Waals surface area contributed by atoms with Crippen LogP contribution in [0.5, 0.6) is 0 Å². The van der Waals surface area contributed by atoms with Crippen LogP contribution in [0.25, 0.3) is 0 Å². The molecular weight excluding hydrogens is 384 g/mol. The molecular formula is C22H24N4O4. The summed E-state index contributed by atoms with van der Waals surface area (Å²) in [6, 6.07) is 11.9. The third-order valence-corrected chi connectivity index (χ3v) is 5.41. The van der Waals surface area contributed by atoms with Gasteiger partial charge < -0.3 is 15.5 Å². The van der Waals surface area contributed by atoms with Gasteiger partial charge in [-0.15, -0.1) is 0 Å². The average Bonchev–Trinajstić information content (AvgIpc) is 3.40. The van der Waals surface area contributed by atoms with Crippen molar-refractivity contribution in [3.8, 4) is 0 Å². The zero-order valence-electron chi connectivity index (χ0n) is 16.6. The topological polar surface area (TPSA) is 105 Å². The molecule has 2 N–H and O–H groups in total. The maximum Gasteiger partial charge on any atom is 0.293 e. The molecule has 1 saturated carbocycles. The second-order valence-electron chi connectivity index (χ2n) is 7.79. The lowest BCUT2D eigenvalue weighted by Crippen LogP contribution is -2.28. The van der Waals surface area contributed by atoms with E-state index in [1.807, 2.05) is 11.0 Å². The van der Waals surface area contributed by atoms with Crippen molar-refractivity contribution < 1.29 is 14.5 Å². The van der Waals surface area contributed by atoms with Crippen molar-refractivity contribution in [1.29, 1.82) is 0 Å². The third kappa shape index (κ3) is 4.59. The molecule has 2 aliphatic rings. The van der Waals surface area contributed by atoms with Crippen molar-refractivity contribution in [2.75, 3.05) is 18.4 Å². The summed E-state index contributed by atoms with van der Waals surface area (Å²) in [5.74, 6) is -0.387. The molecule has 0 bridgehead atoms. The first-order valence-electron chi connectivity index (χ1n) is 10.2. The van der Waals surface area contributed by atoms with Gasteiger partial charge in [-0.05, 0) is 55.5 Å². The Morgan fingerprint density at radius 3 is 2.53 bits per heavy atom. The Kier molecular flexibility index (Phi) is 5.65. The Balaban J connectivity index is 1.42. The fourth-order valence-electron chi connectivity index (χ4n) is 3.60. The van der Waals surface area contributed by atoms with Crippen LogP contribution < -0.4 is 10.6 Å². The van der Waals surface area contributed by atoms with Crippen LogP contribution in [0.1, 0.15) is 52.0 Å². The SMILES string of the molecule is O=C(NCc1cccc(C(=O)N2CCCC2)c1)c1ccc(NC2CC2)c([N+](=O)[O-])c1. The van der Waals surface area contributed by atoms with Crippen LogP contribution in [0.4, 0.5) is 11.4 Å². The minimum Gasteiger partial charge on any atom is -0.377 e. The number of nitrogens with zero attached hydrogens (tertiary/aromatic N) is 2. The molecule has 2 aromatic carbocycles. The van der Waals surface area contributed by atoms with E-state index in [0.717, 1.165) is 44.3 Å². The molecule has 4 rings (SSSR count). The molecule has 0 atom stereocenters. The van der Waals surface area contributed by atoms with Gasteiger partial charge in [0.15, 0.2) is 0 Å². The fraction of sp³-hybridized carbons (Fsp3) is 0.364. The minimum absolute atomic E-state index is 0.00931. The van der Waals surface area contributed by atoms with Gasteiger partial charge in [0.05, 0.1) is 4.92 Å². The zero-order chi connectivity index (χ0) is 21.1. The molecule has 1 aliphatic heterocycles. The van der Waals surface area contributed by atoms with Gasteiger partial charge in [-0.3, -0.25) is 19.7 Å². The summed E-state index contributed by atoms with van der Waals surface area (Å²) in [6.07, 6.45) is 4.06. The Hall–Kier alpha value is -3.42. The van der Waals surface area contributed by atoms with Crippen molar-refractivity contribution in [3.05, 3.63) is 69.3 Å². The molecule has 1 heterocycles.